The maximum absolute atomic E-state index is 8.13. The quantitative estimate of drug-likeness (QED) is 0.462. The highest BCUT2D eigenvalue weighted by atomic mass is 16.5. The molecule has 0 unspecified atom stereocenters. The minimum Gasteiger partial charge on any atom is -0.371 e. The van der Waals surface area contributed by atoms with Crippen LogP contribution in [0, 0.1) is 11.3 Å². The van der Waals surface area contributed by atoms with Crippen LogP contribution in [-0.2, 0) is 4.74 Å². The van der Waals surface area contributed by atoms with E-state index in [0.717, 1.165) is 13.1 Å². The topological polar surface area (TPSA) is 76.7 Å². The summed E-state index contributed by atoms with van der Waals surface area (Å²) in [6.45, 7) is 6.10. The summed E-state index contributed by atoms with van der Waals surface area (Å²) < 4.78 is 4.99. The zero-order valence-electron chi connectivity index (χ0n) is 8.23. The average molecular weight is 190 g/mol. The molecule has 0 aromatic rings. The predicted octanol–water partition coefficient (Wildman–Crippen LogP) is -0.246. The van der Waals surface area contributed by atoms with Crippen LogP contribution < -0.4 is 0 Å². The zero-order chi connectivity index (χ0) is 10.5. The van der Waals surface area contributed by atoms with Crippen LogP contribution in [0.25, 0.3) is 0 Å². The van der Waals surface area contributed by atoms with E-state index in [1.165, 1.54) is 0 Å². The van der Waals surface area contributed by atoms with Gasteiger partial charge in [0.25, 0.3) is 0 Å². The maximum Gasteiger partial charge on any atom is 0.140 e. The van der Waals surface area contributed by atoms with Gasteiger partial charge in [0, 0.05) is 0 Å². The van der Waals surface area contributed by atoms with Gasteiger partial charge >= 0.3 is 0 Å². The monoisotopic (exact) mass is 190 g/mol. The van der Waals surface area contributed by atoms with E-state index < -0.39 is 6.79 Å². The highest BCUT2D eigenvalue weighted by Gasteiger charge is 1.95. The molecule has 0 atom stereocenters. The van der Waals surface area contributed by atoms with Crippen molar-refractivity contribution < 1.29 is 14.9 Å². The van der Waals surface area contributed by atoms with Gasteiger partial charge in [-0.25, -0.2) is 0 Å². The van der Waals surface area contributed by atoms with Gasteiger partial charge in [-0.15, -0.1) is 0 Å². The van der Waals surface area contributed by atoms with E-state index in [0.29, 0.717) is 6.73 Å². The third-order valence-corrected chi connectivity index (χ3v) is 1.33. The van der Waals surface area contributed by atoms with Crippen LogP contribution in [0.5, 0.6) is 0 Å². The summed E-state index contributed by atoms with van der Waals surface area (Å²) >= 11 is 0. The summed E-state index contributed by atoms with van der Waals surface area (Å²) in [6.07, 6.45) is 0. The Morgan fingerprint density at radius 3 is 2.08 bits per heavy atom. The standard InChI is InChI=1S/C7H14N2O.CH4O2/c1-3-9(4-2)7-10-6-5-8;2-1-3/h3-4,6-7H2,1-2H3;2-3H,1H2. The van der Waals surface area contributed by atoms with Crippen LogP contribution in [0.2, 0.25) is 0 Å². The summed E-state index contributed by atoms with van der Waals surface area (Å²) in [6, 6.07) is 1.92. The zero-order valence-corrected chi connectivity index (χ0v) is 8.23. The fourth-order valence-corrected chi connectivity index (χ4v) is 0.627. The molecule has 2 N–H and O–H groups in total. The molecule has 0 fully saturated rings. The van der Waals surface area contributed by atoms with Crippen LogP contribution in [0.1, 0.15) is 13.8 Å². The predicted molar refractivity (Wildman–Crippen MR) is 48.7 cm³/mol. The second kappa shape index (κ2) is 13.9. The Kier molecular flexibility index (Phi) is 15.8. The van der Waals surface area contributed by atoms with E-state index in [2.05, 4.69) is 18.7 Å². The van der Waals surface area contributed by atoms with Gasteiger partial charge in [-0.2, -0.15) is 5.26 Å². The van der Waals surface area contributed by atoms with E-state index in [1.807, 2.05) is 6.07 Å². The molecule has 0 spiro atoms. The summed E-state index contributed by atoms with van der Waals surface area (Å²) in [5.41, 5.74) is 0. The molecule has 0 rings (SSSR count). The molecular formula is C8H18N2O3. The number of rotatable bonds is 5. The summed E-state index contributed by atoms with van der Waals surface area (Å²) in [5.74, 6) is 0. The summed E-state index contributed by atoms with van der Waals surface area (Å²) in [5, 5.41) is 22.4. The third-order valence-electron chi connectivity index (χ3n) is 1.33. The molecule has 78 valence electrons. The van der Waals surface area contributed by atoms with E-state index in [-0.39, 0.29) is 6.61 Å². The lowest BCUT2D eigenvalue weighted by Crippen LogP contribution is -2.25. The summed E-state index contributed by atoms with van der Waals surface area (Å²) in [7, 11) is 0. The molecule has 0 bridgehead atoms. The Labute approximate surface area is 79.2 Å². The normalized spacial score (nSPS) is 8.92. The smallest absolute Gasteiger partial charge is 0.140 e. The van der Waals surface area contributed by atoms with E-state index >= 15 is 0 Å². The molecule has 5 nitrogen and oxygen atoms in total. The molecular weight excluding hydrogens is 172 g/mol. The number of nitrogens with zero attached hydrogens (tertiary/aromatic N) is 2. The molecule has 13 heavy (non-hydrogen) atoms. The molecule has 0 aliphatic heterocycles. The molecule has 0 saturated heterocycles. The third kappa shape index (κ3) is 14.2. The van der Waals surface area contributed by atoms with Gasteiger partial charge in [0.2, 0.25) is 0 Å². The number of aliphatic hydroxyl groups excluding tert-OH is 1. The highest BCUT2D eigenvalue weighted by molar-refractivity contribution is 4.66. The molecule has 0 aliphatic rings. The van der Waals surface area contributed by atoms with Crippen molar-refractivity contribution in [1.82, 2.24) is 4.90 Å². The van der Waals surface area contributed by atoms with Crippen LogP contribution in [0.4, 0.5) is 0 Å². The average Bonchev–Trinajstić information content (AvgIpc) is 2.14. The lowest BCUT2D eigenvalue weighted by molar-refractivity contribution is 0.0523. The Bertz CT molecular complexity index is 121. The molecule has 0 amide bonds. The van der Waals surface area contributed by atoms with Gasteiger partial charge in [0.1, 0.15) is 20.1 Å². The van der Waals surface area contributed by atoms with Crippen molar-refractivity contribution in [1.29, 1.82) is 5.26 Å². The van der Waals surface area contributed by atoms with E-state index in [1.54, 1.807) is 0 Å². The molecule has 0 radical (unpaired) electrons. The Hall–Kier alpha value is -0.670. The fourth-order valence-electron chi connectivity index (χ4n) is 0.627. The van der Waals surface area contributed by atoms with Crippen molar-refractivity contribution in [3.63, 3.8) is 0 Å². The lowest BCUT2D eigenvalue weighted by Gasteiger charge is -2.16. The number of hydrogen-bond donors (Lipinski definition) is 2. The largest absolute Gasteiger partial charge is 0.371 e. The van der Waals surface area contributed by atoms with Gasteiger partial charge in [-0.05, 0) is 13.1 Å². The Balaban J connectivity index is 0. The van der Waals surface area contributed by atoms with Crippen molar-refractivity contribution in [2.24, 2.45) is 0 Å². The molecule has 0 aliphatic carbocycles. The first-order chi connectivity index (χ1) is 6.26. The second-order valence-electron chi connectivity index (χ2n) is 2.08. The van der Waals surface area contributed by atoms with E-state index in [4.69, 9.17) is 20.2 Å². The van der Waals surface area contributed by atoms with Crippen molar-refractivity contribution in [3.8, 4) is 6.07 Å². The first kappa shape index (κ1) is 14.8. The number of nitriles is 1. The van der Waals surface area contributed by atoms with Crippen molar-refractivity contribution in [2.45, 2.75) is 13.8 Å². The van der Waals surface area contributed by atoms with Gasteiger partial charge in [-0.1, -0.05) is 13.8 Å². The Morgan fingerprint density at radius 1 is 1.31 bits per heavy atom. The number of ether oxygens (including phenoxy) is 1. The molecule has 0 saturated carbocycles. The maximum atomic E-state index is 8.13. The van der Waals surface area contributed by atoms with Crippen LogP contribution in [0.3, 0.4) is 0 Å². The minimum atomic E-state index is -0.750. The fraction of sp³-hybridized carbons (Fsp3) is 0.875. The number of hydrogen-bond acceptors (Lipinski definition) is 5. The van der Waals surface area contributed by atoms with Crippen molar-refractivity contribution in [2.75, 3.05) is 33.2 Å². The first-order valence-corrected chi connectivity index (χ1v) is 4.15. The van der Waals surface area contributed by atoms with Gasteiger partial charge in [0.05, 0.1) is 6.07 Å². The minimum absolute atomic E-state index is 0.191. The SMILES string of the molecule is CCN(CC)COCC#N.OCO. The molecule has 0 heterocycles. The summed E-state index contributed by atoms with van der Waals surface area (Å²) in [4.78, 5) is 2.11. The number of aliphatic hydroxyl groups is 2. The molecule has 0 aromatic heterocycles. The van der Waals surface area contributed by atoms with Crippen LogP contribution >= 0.6 is 0 Å². The van der Waals surface area contributed by atoms with Crippen molar-refractivity contribution in [3.05, 3.63) is 0 Å². The van der Waals surface area contributed by atoms with Gasteiger partial charge in [-0.3, -0.25) is 4.90 Å². The van der Waals surface area contributed by atoms with Crippen LogP contribution in [-0.4, -0.2) is 48.3 Å². The first-order valence-electron chi connectivity index (χ1n) is 4.15. The van der Waals surface area contributed by atoms with Crippen molar-refractivity contribution >= 4 is 0 Å². The second-order valence-corrected chi connectivity index (χ2v) is 2.08. The van der Waals surface area contributed by atoms with E-state index in [9.17, 15) is 0 Å². The van der Waals surface area contributed by atoms with Crippen LogP contribution in [0.15, 0.2) is 0 Å². The Morgan fingerprint density at radius 2 is 1.77 bits per heavy atom. The lowest BCUT2D eigenvalue weighted by atomic mass is 10.6. The molecule has 0 aromatic carbocycles. The molecule has 5 heteroatoms. The highest BCUT2D eigenvalue weighted by Crippen LogP contribution is 1.86. The van der Waals surface area contributed by atoms with Gasteiger partial charge in [0.15, 0.2) is 0 Å². The van der Waals surface area contributed by atoms with Gasteiger partial charge < -0.3 is 14.9 Å².